The normalized spacial score (nSPS) is 12.7. The summed E-state index contributed by atoms with van der Waals surface area (Å²) in [7, 11) is 0. The van der Waals surface area contributed by atoms with E-state index in [9.17, 15) is 0 Å². The van der Waals surface area contributed by atoms with Crippen molar-refractivity contribution in [3.63, 3.8) is 0 Å². The van der Waals surface area contributed by atoms with Gasteiger partial charge in [0, 0.05) is 5.56 Å². The van der Waals surface area contributed by atoms with Crippen molar-refractivity contribution >= 4 is 34.5 Å². The number of hydrogen-bond acceptors (Lipinski definition) is 3. The van der Waals surface area contributed by atoms with E-state index in [2.05, 4.69) is 37.5 Å². The molecule has 0 bridgehead atoms. The fourth-order valence-corrected chi connectivity index (χ4v) is 3.39. The van der Waals surface area contributed by atoms with E-state index in [0.717, 1.165) is 11.1 Å². The first-order valence-corrected chi connectivity index (χ1v) is 7.08. The van der Waals surface area contributed by atoms with Gasteiger partial charge in [0.15, 0.2) is 0 Å². The summed E-state index contributed by atoms with van der Waals surface area (Å²) in [5.74, 6) is 5.66. The highest BCUT2D eigenvalue weighted by Gasteiger charge is 2.18. The summed E-state index contributed by atoms with van der Waals surface area (Å²) in [6.07, 6.45) is 0. The quantitative estimate of drug-likeness (QED) is 0.658. The molecule has 0 radical (unpaired) electrons. The van der Waals surface area contributed by atoms with Crippen LogP contribution in [0.4, 0.5) is 0 Å². The van der Waals surface area contributed by atoms with Gasteiger partial charge in [-0.25, -0.2) is 5.43 Å². The highest BCUT2D eigenvalue weighted by atomic mass is 35.5. The van der Waals surface area contributed by atoms with Crippen LogP contribution in [-0.2, 0) is 0 Å². The molecule has 0 aliphatic rings. The number of nitrogens with two attached hydrogens (primary N) is 1. The van der Waals surface area contributed by atoms with E-state index >= 15 is 0 Å². The fraction of sp³-hybridized carbons (Fsp3) is 0.231. The Bertz CT molecular complexity index is 566. The SMILES string of the molecule is Cc1ccc(C(NN)c2cc(Cl)sc2Cl)cc1C. The van der Waals surface area contributed by atoms with Crippen LogP contribution in [0.2, 0.25) is 8.67 Å². The Morgan fingerprint density at radius 2 is 1.89 bits per heavy atom. The van der Waals surface area contributed by atoms with Crippen molar-refractivity contribution in [1.29, 1.82) is 0 Å². The standard InChI is InChI=1S/C13H14Cl2N2S/c1-7-3-4-9(5-8(7)2)12(17-16)10-6-11(14)18-13(10)15/h3-6,12,17H,16H2,1-2H3. The maximum atomic E-state index is 6.18. The first-order valence-electron chi connectivity index (χ1n) is 5.51. The smallest absolute Gasteiger partial charge is 0.0995 e. The van der Waals surface area contributed by atoms with Crippen LogP contribution in [0.3, 0.4) is 0 Å². The lowest BCUT2D eigenvalue weighted by Gasteiger charge is -2.17. The average Bonchev–Trinajstić information content (AvgIpc) is 2.64. The Hall–Kier alpha value is -0.580. The molecule has 2 nitrogen and oxygen atoms in total. The molecule has 1 aromatic carbocycles. The van der Waals surface area contributed by atoms with Gasteiger partial charge in [0.1, 0.15) is 0 Å². The Labute approximate surface area is 121 Å². The Balaban J connectivity index is 2.45. The van der Waals surface area contributed by atoms with Crippen LogP contribution in [-0.4, -0.2) is 0 Å². The number of thiophene rings is 1. The van der Waals surface area contributed by atoms with Gasteiger partial charge in [-0.1, -0.05) is 41.4 Å². The molecule has 1 atom stereocenters. The fourth-order valence-electron chi connectivity index (χ4n) is 1.86. The number of halogens is 2. The molecule has 1 heterocycles. The second-order valence-electron chi connectivity index (χ2n) is 4.22. The molecule has 0 saturated heterocycles. The lowest BCUT2D eigenvalue weighted by atomic mass is 9.98. The van der Waals surface area contributed by atoms with E-state index in [0.29, 0.717) is 8.67 Å². The van der Waals surface area contributed by atoms with Gasteiger partial charge >= 0.3 is 0 Å². The van der Waals surface area contributed by atoms with Crippen LogP contribution in [0.25, 0.3) is 0 Å². The van der Waals surface area contributed by atoms with Crippen LogP contribution in [0.5, 0.6) is 0 Å². The third-order valence-corrected chi connectivity index (χ3v) is 4.54. The van der Waals surface area contributed by atoms with Gasteiger partial charge in [-0.05, 0) is 36.6 Å². The van der Waals surface area contributed by atoms with Gasteiger partial charge in [-0.15, -0.1) is 11.3 Å². The Morgan fingerprint density at radius 3 is 2.39 bits per heavy atom. The Morgan fingerprint density at radius 1 is 1.17 bits per heavy atom. The lowest BCUT2D eigenvalue weighted by molar-refractivity contribution is 0.638. The van der Waals surface area contributed by atoms with Crippen molar-refractivity contribution in [3.05, 3.63) is 55.2 Å². The largest absolute Gasteiger partial charge is 0.271 e. The highest BCUT2D eigenvalue weighted by Crippen LogP contribution is 2.37. The number of hydrazine groups is 1. The number of nitrogens with one attached hydrogen (secondary N) is 1. The summed E-state index contributed by atoms with van der Waals surface area (Å²) in [5.41, 5.74) is 7.27. The second-order valence-corrected chi connectivity index (χ2v) is 6.51. The van der Waals surface area contributed by atoms with Crippen molar-refractivity contribution in [2.24, 2.45) is 5.84 Å². The van der Waals surface area contributed by atoms with Crippen molar-refractivity contribution in [1.82, 2.24) is 5.43 Å². The molecule has 2 rings (SSSR count). The van der Waals surface area contributed by atoms with Crippen LogP contribution < -0.4 is 11.3 Å². The summed E-state index contributed by atoms with van der Waals surface area (Å²) in [4.78, 5) is 0. The molecule has 1 unspecified atom stereocenters. The predicted octanol–water partition coefficient (Wildman–Crippen LogP) is 4.22. The minimum Gasteiger partial charge on any atom is -0.271 e. The summed E-state index contributed by atoms with van der Waals surface area (Å²) in [6.45, 7) is 4.16. The maximum Gasteiger partial charge on any atom is 0.0995 e. The van der Waals surface area contributed by atoms with Crippen LogP contribution in [0.15, 0.2) is 24.3 Å². The predicted molar refractivity (Wildman–Crippen MR) is 79.4 cm³/mol. The van der Waals surface area contributed by atoms with Gasteiger partial charge in [0.2, 0.25) is 0 Å². The molecule has 2 aromatic rings. The molecule has 1 aromatic heterocycles. The molecular formula is C13H14Cl2N2S. The first kappa shape index (κ1) is 13.8. The number of rotatable bonds is 3. The van der Waals surface area contributed by atoms with Crippen LogP contribution >= 0.6 is 34.5 Å². The van der Waals surface area contributed by atoms with Crippen LogP contribution in [0, 0.1) is 13.8 Å². The van der Waals surface area contributed by atoms with Gasteiger partial charge in [0.25, 0.3) is 0 Å². The maximum absolute atomic E-state index is 6.18. The summed E-state index contributed by atoms with van der Waals surface area (Å²) in [5, 5.41) is 0. The van der Waals surface area contributed by atoms with E-state index in [1.165, 1.54) is 22.5 Å². The van der Waals surface area contributed by atoms with Gasteiger partial charge < -0.3 is 0 Å². The zero-order valence-electron chi connectivity index (χ0n) is 10.1. The van der Waals surface area contributed by atoms with Gasteiger partial charge in [-0.3, -0.25) is 5.84 Å². The summed E-state index contributed by atoms with van der Waals surface area (Å²) in [6, 6.07) is 7.96. The average molecular weight is 301 g/mol. The molecule has 0 fully saturated rings. The third kappa shape index (κ3) is 2.71. The molecule has 0 aliphatic heterocycles. The highest BCUT2D eigenvalue weighted by molar-refractivity contribution is 7.20. The molecule has 3 N–H and O–H groups in total. The van der Waals surface area contributed by atoms with Crippen LogP contribution in [0.1, 0.15) is 28.3 Å². The van der Waals surface area contributed by atoms with E-state index < -0.39 is 0 Å². The lowest BCUT2D eigenvalue weighted by Crippen LogP contribution is -2.28. The molecule has 18 heavy (non-hydrogen) atoms. The molecule has 96 valence electrons. The van der Waals surface area contributed by atoms with Crippen molar-refractivity contribution in [3.8, 4) is 0 Å². The number of hydrogen-bond donors (Lipinski definition) is 2. The molecule has 0 amide bonds. The number of benzene rings is 1. The Kier molecular flexibility index (Phi) is 4.30. The van der Waals surface area contributed by atoms with Gasteiger partial charge in [-0.2, -0.15) is 0 Å². The zero-order chi connectivity index (χ0) is 13.3. The first-order chi connectivity index (χ1) is 8.52. The van der Waals surface area contributed by atoms with E-state index in [-0.39, 0.29) is 6.04 Å². The second kappa shape index (κ2) is 5.59. The monoisotopic (exact) mass is 300 g/mol. The van der Waals surface area contributed by atoms with E-state index in [1.807, 2.05) is 6.07 Å². The van der Waals surface area contributed by atoms with Gasteiger partial charge in [0.05, 0.1) is 14.7 Å². The molecule has 5 heteroatoms. The summed E-state index contributed by atoms with van der Waals surface area (Å²) < 4.78 is 1.33. The molecule has 0 spiro atoms. The van der Waals surface area contributed by atoms with Crippen molar-refractivity contribution in [2.45, 2.75) is 19.9 Å². The van der Waals surface area contributed by atoms with Crippen molar-refractivity contribution in [2.75, 3.05) is 0 Å². The third-order valence-electron chi connectivity index (χ3n) is 3.03. The minimum atomic E-state index is -0.138. The zero-order valence-corrected chi connectivity index (χ0v) is 12.5. The molecule has 0 saturated carbocycles. The summed E-state index contributed by atoms with van der Waals surface area (Å²) >= 11 is 13.5. The van der Waals surface area contributed by atoms with E-state index in [4.69, 9.17) is 29.0 Å². The molecular weight excluding hydrogens is 287 g/mol. The van der Waals surface area contributed by atoms with E-state index in [1.54, 1.807) is 0 Å². The topological polar surface area (TPSA) is 38.0 Å². The number of aryl methyl sites for hydroxylation is 2. The minimum absolute atomic E-state index is 0.138. The van der Waals surface area contributed by atoms with Crippen molar-refractivity contribution < 1.29 is 0 Å². The molecule has 0 aliphatic carbocycles.